The lowest BCUT2D eigenvalue weighted by molar-refractivity contribution is -0.144. The van der Waals surface area contributed by atoms with Crippen LogP contribution in [0.3, 0.4) is 0 Å². The van der Waals surface area contributed by atoms with Crippen LogP contribution in [0.5, 0.6) is 0 Å². The molecule has 3 heterocycles. The lowest BCUT2D eigenvalue weighted by atomic mass is 9.41. The van der Waals surface area contributed by atoms with E-state index in [2.05, 4.69) is 83.0 Å². The summed E-state index contributed by atoms with van der Waals surface area (Å²) in [6.07, 6.45) is 5.20. The highest BCUT2D eigenvalue weighted by Crippen LogP contribution is 2.66. The molecule has 1 saturated carbocycles. The van der Waals surface area contributed by atoms with Crippen molar-refractivity contribution in [2.45, 2.75) is 82.7 Å². The molecule has 0 amide bonds. The van der Waals surface area contributed by atoms with E-state index >= 15 is 0 Å². The number of fused-ring (bicyclic) bond motifs is 6. The Balaban J connectivity index is 1.72. The van der Waals surface area contributed by atoms with E-state index < -0.39 is 0 Å². The monoisotopic (exact) mass is 387 g/mol. The Morgan fingerprint density at radius 2 is 1.52 bits per heavy atom. The van der Waals surface area contributed by atoms with Crippen LogP contribution >= 0.6 is 0 Å². The summed E-state index contributed by atoms with van der Waals surface area (Å²) in [6, 6.07) is 14.0. The van der Waals surface area contributed by atoms with Gasteiger partial charge in [-0.15, -0.1) is 0 Å². The summed E-state index contributed by atoms with van der Waals surface area (Å²) in [5.41, 5.74) is 6.07. The molecule has 4 aliphatic rings. The Bertz CT molecular complexity index is 1160. The maximum absolute atomic E-state index is 6.35. The first-order chi connectivity index (χ1) is 13.6. The average molecular weight is 388 g/mol. The normalized spacial score (nSPS) is 35.0. The minimum atomic E-state index is 0.0902. The molecule has 1 aromatic heterocycles. The third-order valence-corrected chi connectivity index (χ3v) is 10.0. The molecule has 2 bridgehead atoms. The molecule has 2 aliphatic heterocycles. The zero-order valence-corrected chi connectivity index (χ0v) is 18.7. The molecule has 2 nitrogen and oxygen atoms in total. The van der Waals surface area contributed by atoms with Crippen LogP contribution in [0.4, 0.5) is 0 Å². The largest absolute Gasteiger partial charge is 0.456 e. The van der Waals surface area contributed by atoms with Gasteiger partial charge in [-0.3, -0.25) is 4.90 Å². The van der Waals surface area contributed by atoms with Gasteiger partial charge in [0.05, 0.1) is 0 Å². The number of furan rings is 1. The first-order valence-corrected chi connectivity index (χ1v) is 11.3. The molecule has 1 atom stereocenters. The highest BCUT2D eigenvalue weighted by Gasteiger charge is 2.66. The fourth-order valence-corrected chi connectivity index (χ4v) is 7.52. The van der Waals surface area contributed by atoms with Gasteiger partial charge in [-0.1, -0.05) is 45.9 Å². The zero-order valence-electron chi connectivity index (χ0n) is 18.7. The van der Waals surface area contributed by atoms with E-state index in [4.69, 9.17) is 4.42 Å². The van der Waals surface area contributed by atoms with Crippen LogP contribution in [0.15, 0.2) is 40.8 Å². The number of para-hydroxylation sites is 1. The molecule has 29 heavy (non-hydrogen) atoms. The van der Waals surface area contributed by atoms with E-state index in [-0.39, 0.29) is 16.2 Å². The van der Waals surface area contributed by atoms with Crippen LogP contribution in [-0.4, -0.2) is 23.5 Å². The minimum Gasteiger partial charge on any atom is -0.456 e. The van der Waals surface area contributed by atoms with Gasteiger partial charge in [-0.05, 0) is 79.8 Å². The molecule has 0 N–H and O–H groups in total. The van der Waals surface area contributed by atoms with Crippen molar-refractivity contribution in [3.8, 4) is 0 Å². The van der Waals surface area contributed by atoms with Gasteiger partial charge in [0.2, 0.25) is 0 Å². The van der Waals surface area contributed by atoms with Gasteiger partial charge in [-0.2, -0.15) is 0 Å². The van der Waals surface area contributed by atoms with Crippen molar-refractivity contribution < 1.29 is 4.42 Å². The van der Waals surface area contributed by atoms with E-state index in [1.165, 1.54) is 36.5 Å². The van der Waals surface area contributed by atoms with Gasteiger partial charge in [0.25, 0.3) is 0 Å². The molecule has 1 spiro atoms. The maximum Gasteiger partial charge on any atom is 0.135 e. The van der Waals surface area contributed by atoms with E-state index in [0.29, 0.717) is 11.6 Å². The molecule has 3 aromatic rings. The smallest absolute Gasteiger partial charge is 0.135 e. The summed E-state index contributed by atoms with van der Waals surface area (Å²) in [5, 5.41) is 2.53. The molecule has 7 rings (SSSR count). The lowest BCUT2D eigenvalue weighted by Gasteiger charge is -2.71. The SMILES string of the molecule is CN1C2C3(CCC1(C)CC3)c1cc3oc4ccccc4c3cc1C(C)(C)C2(C)C. The lowest BCUT2D eigenvalue weighted by Crippen LogP contribution is -2.75. The Hall–Kier alpha value is -1.80. The number of nitrogens with zero attached hydrogens (tertiary/aromatic N) is 1. The molecule has 2 aliphatic carbocycles. The number of hydrogen-bond donors (Lipinski definition) is 0. The van der Waals surface area contributed by atoms with Crippen molar-refractivity contribution >= 4 is 21.9 Å². The first kappa shape index (κ1) is 18.0. The number of piperidine rings is 2. The number of benzene rings is 2. The van der Waals surface area contributed by atoms with Crippen molar-refractivity contribution in [1.82, 2.24) is 4.90 Å². The highest BCUT2D eigenvalue weighted by atomic mass is 16.3. The van der Waals surface area contributed by atoms with Crippen LogP contribution in [0, 0.1) is 5.41 Å². The van der Waals surface area contributed by atoms with Gasteiger partial charge in [0.15, 0.2) is 0 Å². The maximum atomic E-state index is 6.35. The second-order valence-corrected chi connectivity index (χ2v) is 11.5. The predicted molar refractivity (Wildman–Crippen MR) is 121 cm³/mol. The molecule has 152 valence electrons. The van der Waals surface area contributed by atoms with Crippen molar-refractivity contribution in [1.29, 1.82) is 0 Å². The standard InChI is InChI=1S/C27H33NO/c1-24(2)19-15-18-17-9-7-8-10-21(17)29-22(18)16-20(19)27-13-11-26(5,12-14-27)28(6)23(27)25(24,3)4/h7-10,15-16,23H,11-14H2,1-6H3. The van der Waals surface area contributed by atoms with E-state index in [1.807, 2.05) is 0 Å². The number of rotatable bonds is 0. The third-order valence-electron chi connectivity index (χ3n) is 10.0. The summed E-state index contributed by atoms with van der Waals surface area (Å²) in [6.45, 7) is 12.5. The molecule has 1 unspecified atom stereocenters. The summed E-state index contributed by atoms with van der Waals surface area (Å²) >= 11 is 0. The summed E-state index contributed by atoms with van der Waals surface area (Å²) in [5.74, 6) is 0. The second-order valence-electron chi connectivity index (χ2n) is 11.5. The molecule has 2 heteroatoms. The Kier molecular flexibility index (Phi) is 3.16. The van der Waals surface area contributed by atoms with Crippen molar-refractivity contribution in [3.05, 3.63) is 47.5 Å². The van der Waals surface area contributed by atoms with Gasteiger partial charge >= 0.3 is 0 Å². The summed E-state index contributed by atoms with van der Waals surface area (Å²) < 4.78 is 6.35. The Morgan fingerprint density at radius 1 is 0.828 bits per heavy atom. The van der Waals surface area contributed by atoms with E-state index in [0.717, 1.165) is 11.2 Å². The molecular weight excluding hydrogens is 354 g/mol. The van der Waals surface area contributed by atoms with Gasteiger partial charge in [0, 0.05) is 27.8 Å². The predicted octanol–water partition coefficient (Wildman–Crippen LogP) is 6.79. The molecule has 2 aromatic carbocycles. The zero-order chi connectivity index (χ0) is 20.4. The number of likely N-dealkylation sites (N-methyl/N-ethyl adjacent to an activating group) is 1. The molecule has 2 saturated heterocycles. The molecular formula is C27H33NO. The van der Waals surface area contributed by atoms with Crippen LogP contribution in [-0.2, 0) is 10.8 Å². The fourth-order valence-electron chi connectivity index (χ4n) is 7.52. The van der Waals surface area contributed by atoms with Crippen molar-refractivity contribution in [2.24, 2.45) is 5.41 Å². The van der Waals surface area contributed by atoms with Gasteiger partial charge in [-0.25, -0.2) is 0 Å². The van der Waals surface area contributed by atoms with Gasteiger partial charge in [0.1, 0.15) is 11.2 Å². The van der Waals surface area contributed by atoms with Crippen LogP contribution < -0.4 is 0 Å². The van der Waals surface area contributed by atoms with Crippen molar-refractivity contribution in [2.75, 3.05) is 7.05 Å². The van der Waals surface area contributed by atoms with Crippen LogP contribution in [0.2, 0.25) is 0 Å². The third kappa shape index (κ3) is 1.89. The molecule has 0 radical (unpaired) electrons. The van der Waals surface area contributed by atoms with Gasteiger partial charge < -0.3 is 4.42 Å². The van der Waals surface area contributed by atoms with Crippen molar-refractivity contribution in [3.63, 3.8) is 0 Å². The molecule has 3 fully saturated rings. The van der Waals surface area contributed by atoms with E-state index in [9.17, 15) is 0 Å². The van der Waals surface area contributed by atoms with Crippen LogP contribution in [0.25, 0.3) is 21.9 Å². The topological polar surface area (TPSA) is 16.4 Å². The number of hydrogen-bond acceptors (Lipinski definition) is 2. The van der Waals surface area contributed by atoms with E-state index in [1.54, 1.807) is 11.1 Å². The first-order valence-electron chi connectivity index (χ1n) is 11.3. The quantitative estimate of drug-likeness (QED) is 0.422. The Morgan fingerprint density at radius 3 is 2.24 bits per heavy atom. The fraction of sp³-hybridized carbons (Fsp3) is 0.556. The summed E-state index contributed by atoms with van der Waals surface area (Å²) in [4.78, 5) is 2.77. The average Bonchev–Trinajstić information content (AvgIpc) is 3.05. The van der Waals surface area contributed by atoms with Crippen LogP contribution in [0.1, 0.15) is 71.4 Å². The summed E-state index contributed by atoms with van der Waals surface area (Å²) in [7, 11) is 2.40. The second kappa shape index (κ2) is 5.09. The minimum absolute atomic E-state index is 0.0902. The Labute approximate surface area is 174 Å². The highest BCUT2D eigenvalue weighted by molar-refractivity contribution is 6.05.